The van der Waals surface area contributed by atoms with Gasteiger partial charge in [-0.15, -0.1) is 11.3 Å². The Morgan fingerprint density at radius 1 is 1.50 bits per heavy atom. The second kappa shape index (κ2) is 7.51. The number of nitrogens with one attached hydrogen (secondary N) is 2. The number of hydrogen-bond donors (Lipinski definition) is 2. The molecule has 1 saturated heterocycles. The first-order chi connectivity index (χ1) is 9.62. The fourth-order valence-corrected chi connectivity index (χ4v) is 4.44. The van der Waals surface area contributed by atoms with E-state index in [0.717, 1.165) is 37.3 Å². The maximum atomic E-state index is 12.1. The zero-order valence-electron chi connectivity index (χ0n) is 11.7. The van der Waals surface area contributed by atoms with Crippen LogP contribution < -0.4 is 10.0 Å². The van der Waals surface area contributed by atoms with Gasteiger partial charge in [-0.25, -0.2) is 13.1 Å². The summed E-state index contributed by atoms with van der Waals surface area (Å²) in [5.74, 6) is 0. The third kappa shape index (κ3) is 4.53. The van der Waals surface area contributed by atoms with Crippen LogP contribution in [0.3, 0.4) is 0 Å². The number of hydrogen-bond acceptors (Lipinski definition) is 5. The van der Waals surface area contributed by atoms with Gasteiger partial charge in [0.2, 0.25) is 10.0 Å². The molecule has 0 saturated carbocycles. The van der Waals surface area contributed by atoms with Crippen molar-refractivity contribution in [3.8, 4) is 0 Å². The lowest BCUT2D eigenvalue weighted by molar-refractivity contribution is 0.105. The molecule has 1 aliphatic heterocycles. The third-order valence-corrected chi connectivity index (χ3v) is 5.80. The van der Waals surface area contributed by atoms with E-state index < -0.39 is 10.0 Å². The summed E-state index contributed by atoms with van der Waals surface area (Å²) in [6, 6.07) is 1.74. The normalized spacial score (nSPS) is 19.6. The Morgan fingerprint density at radius 2 is 2.35 bits per heavy atom. The average molecular weight is 318 g/mol. The molecule has 0 radical (unpaired) electrons. The predicted molar refractivity (Wildman–Crippen MR) is 80.5 cm³/mol. The van der Waals surface area contributed by atoms with Crippen LogP contribution in [0, 0.1) is 0 Å². The lowest BCUT2D eigenvalue weighted by Gasteiger charge is -2.09. The minimum absolute atomic E-state index is 0.212. The first-order valence-corrected chi connectivity index (χ1v) is 9.37. The highest BCUT2D eigenvalue weighted by Crippen LogP contribution is 2.19. The summed E-state index contributed by atoms with van der Waals surface area (Å²) in [5, 5.41) is 4.88. The van der Waals surface area contributed by atoms with Gasteiger partial charge < -0.3 is 10.1 Å². The highest BCUT2D eigenvalue weighted by atomic mass is 32.2. The van der Waals surface area contributed by atoms with Crippen LogP contribution in [0.25, 0.3) is 0 Å². The van der Waals surface area contributed by atoms with E-state index in [2.05, 4.69) is 10.0 Å². The number of rotatable bonds is 8. The summed E-state index contributed by atoms with van der Waals surface area (Å²) in [7, 11) is -3.38. The van der Waals surface area contributed by atoms with E-state index >= 15 is 0 Å². The molecule has 1 aromatic rings. The van der Waals surface area contributed by atoms with Gasteiger partial charge in [0.25, 0.3) is 0 Å². The van der Waals surface area contributed by atoms with Crippen molar-refractivity contribution in [2.75, 3.05) is 19.7 Å². The largest absolute Gasteiger partial charge is 0.378 e. The van der Waals surface area contributed by atoms with Crippen molar-refractivity contribution in [1.82, 2.24) is 10.0 Å². The minimum atomic E-state index is -3.38. The van der Waals surface area contributed by atoms with Gasteiger partial charge in [0.1, 0.15) is 0 Å². The van der Waals surface area contributed by atoms with Crippen molar-refractivity contribution >= 4 is 21.4 Å². The third-order valence-electron chi connectivity index (χ3n) is 3.27. The quantitative estimate of drug-likeness (QED) is 0.766. The van der Waals surface area contributed by atoms with E-state index in [1.165, 1.54) is 11.3 Å². The van der Waals surface area contributed by atoms with Crippen LogP contribution in [0.2, 0.25) is 0 Å². The molecule has 1 fully saturated rings. The SMILES string of the molecule is CCNCc1cc(S(=O)(=O)NCCC2CCCO2)cs1. The molecule has 2 heterocycles. The molecule has 0 aromatic carbocycles. The second-order valence-corrected chi connectivity index (χ2v) is 7.61. The monoisotopic (exact) mass is 318 g/mol. The van der Waals surface area contributed by atoms with E-state index in [4.69, 9.17) is 4.74 Å². The van der Waals surface area contributed by atoms with Crippen LogP contribution in [-0.2, 0) is 21.3 Å². The number of sulfonamides is 1. The van der Waals surface area contributed by atoms with Crippen molar-refractivity contribution in [2.45, 2.75) is 43.7 Å². The number of thiophene rings is 1. The van der Waals surface area contributed by atoms with Crippen LogP contribution in [0.1, 0.15) is 31.1 Å². The van der Waals surface area contributed by atoms with Crippen molar-refractivity contribution in [2.24, 2.45) is 0 Å². The zero-order valence-corrected chi connectivity index (χ0v) is 13.4. The first kappa shape index (κ1) is 15.9. The summed E-state index contributed by atoms with van der Waals surface area (Å²) in [4.78, 5) is 1.40. The van der Waals surface area contributed by atoms with E-state index in [0.29, 0.717) is 18.0 Å². The van der Waals surface area contributed by atoms with Gasteiger partial charge in [0.15, 0.2) is 0 Å². The zero-order chi connectivity index (χ0) is 14.4. The lowest BCUT2D eigenvalue weighted by atomic mass is 10.2. The lowest BCUT2D eigenvalue weighted by Crippen LogP contribution is -2.27. The summed E-state index contributed by atoms with van der Waals surface area (Å²) >= 11 is 1.47. The summed E-state index contributed by atoms with van der Waals surface area (Å²) in [6.45, 7) is 4.85. The molecule has 0 bridgehead atoms. The summed E-state index contributed by atoms with van der Waals surface area (Å²) in [6.07, 6.45) is 3.07. The molecule has 1 atom stereocenters. The van der Waals surface area contributed by atoms with E-state index in [9.17, 15) is 8.42 Å². The molecule has 5 nitrogen and oxygen atoms in total. The van der Waals surface area contributed by atoms with Gasteiger partial charge in [-0.2, -0.15) is 0 Å². The molecule has 1 aromatic heterocycles. The minimum Gasteiger partial charge on any atom is -0.378 e. The second-order valence-electron chi connectivity index (χ2n) is 4.85. The van der Waals surface area contributed by atoms with Crippen LogP contribution >= 0.6 is 11.3 Å². The molecule has 1 aliphatic rings. The van der Waals surface area contributed by atoms with Crippen LogP contribution in [0.5, 0.6) is 0 Å². The first-order valence-electron chi connectivity index (χ1n) is 7.01. The molecule has 114 valence electrons. The van der Waals surface area contributed by atoms with Crippen molar-refractivity contribution in [1.29, 1.82) is 0 Å². The average Bonchev–Trinajstić information content (AvgIpc) is 3.07. The predicted octanol–water partition coefficient (Wildman–Crippen LogP) is 1.70. The standard InChI is InChI=1S/C13H22N2O3S2/c1-2-14-9-12-8-13(10-19-12)20(16,17)15-6-5-11-4-3-7-18-11/h8,10-11,14-15H,2-7,9H2,1H3. The Morgan fingerprint density at radius 3 is 3.05 bits per heavy atom. The van der Waals surface area contributed by atoms with Gasteiger partial charge in [-0.05, 0) is 31.9 Å². The molecular formula is C13H22N2O3S2. The topological polar surface area (TPSA) is 67.4 Å². The Labute approximate surface area is 124 Å². The maximum absolute atomic E-state index is 12.1. The Balaban J connectivity index is 1.83. The van der Waals surface area contributed by atoms with Crippen molar-refractivity contribution in [3.05, 3.63) is 16.3 Å². The van der Waals surface area contributed by atoms with Crippen LogP contribution in [0.15, 0.2) is 16.3 Å². The molecule has 0 amide bonds. The molecular weight excluding hydrogens is 296 g/mol. The Bertz CT molecular complexity index is 507. The van der Waals surface area contributed by atoms with Crippen LogP contribution in [0.4, 0.5) is 0 Å². The van der Waals surface area contributed by atoms with Gasteiger partial charge in [0, 0.05) is 30.0 Å². The van der Waals surface area contributed by atoms with E-state index in [1.54, 1.807) is 11.4 Å². The highest BCUT2D eigenvalue weighted by molar-refractivity contribution is 7.89. The summed E-state index contributed by atoms with van der Waals surface area (Å²) in [5.41, 5.74) is 0. The van der Waals surface area contributed by atoms with Crippen LogP contribution in [-0.4, -0.2) is 34.2 Å². The molecule has 20 heavy (non-hydrogen) atoms. The fourth-order valence-electron chi connectivity index (χ4n) is 2.15. The Hall–Kier alpha value is -0.470. The van der Waals surface area contributed by atoms with Gasteiger partial charge in [0.05, 0.1) is 11.0 Å². The highest BCUT2D eigenvalue weighted by Gasteiger charge is 2.19. The van der Waals surface area contributed by atoms with Crippen molar-refractivity contribution < 1.29 is 13.2 Å². The molecule has 0 spiro atoms. The van der Waals surface area contributed by atoms with Gasteiger partial charge >= 0.3 is 0 Å². The molecule has 0 aliphatic carbocycles. The van der Waals surface area contributed by atoms with Gasteiger partial charge in [-0.3, -0.25) is 0 Å². The molecule has 7 heteroatoms. The van der Waals surface area contributed by atoms with Crippen molar-refractivity contribution in [3.63, 3.8) is 0 Å². The Kier molecular flexibility index (Phi) is 5.98. The number of ether oxygens (including phenoxy) is 1. The fraction of sp³-hybridized carbons (Fsp3) is 0.692. The maximum Gasteiger partial charge on any atom is 0.241 e. The summed E-state index contributed by atoms with van der Waals surface area (Å²) < 4.78 is 32.4. The molecule has 2 N–H and O–H groups in total. The molecule has 1 unspecified atom stereocenters. The van der Waals surface area contributed by atoms with E-state index in [1.807, 2.05) is 6.92 Å². The van der Waals surface area contributed by atoms with E-state index in [-0.39, 0.29) is 6.10 Å². The molecule has 2 rings (SSSR count). The smallest absolute Gasteiger partial charge is 0.241 e. The van der Waals surface area contributed by atoms with Gasteiger partial charge in [-0.1, -0.05) is 6.92 Å².